The number of primary sulfonamides is 1. The Morgan fingerprint density at radius 2 is 1.55 bits per heavy atom. The molecule has 2 aromatic rings. The third kappa shape index (κ3) is 3.75. The largest absolute Gasteiger partial charge is 0.489 e. The number of sulfonamides is 1. The fraction of sp³-hybridized carbons (Fsp3) is 0.0769. The van der Waals surface area contributed by atoms with Crippen LogP contribution in [-0.4, -0.2) is 8.42 Å². The predicted molar refractivity (Wildman–Crippen MR) is 68.5 cm³/mol. The van der Waals surface area contributed by atoms with Crippen LogP contribution in [0.3, 0.4) is 0 Å². The molecule has 20 heavy (non-hydrogen) atoms. The van der Waals surface area contributed by atoms with E-state index < -0.39 is 21.7 Å². The van der Waals surface area contributed by atoms with E-state index in [2.05, 4.69) is 0 Å². The molecule has 0 saturated carbocycles. The molecule has 0 spiro atoms. The van der Waals surface area contributed by atoms with Gasteiger partial charge < -0.3 is 4.74 Å². The topological polar surface area (TPSA) is 69.4 Å². The number of hydrogen-bond donors (Lipinski definition) is 1. The molecule has 0 amide bonds. The predicted octanol–water partition coefficient (Wildman–Crippen LogP) is 2.19. The molecule has 2 aromatic carbocycles. The van der Waals surface area contributed by atoms with Gasteiger partial charge in [0.2, 0.25) is 10.0 Å². The Bertz CT molecular complexity index is 695. The Morgan fingerprint density at radius 3 is 2.05 bits per heavy atom. The lowest BCUT2D eigenvalue weighted by Crippen LogP contribution is -2.11. The minimum atomic E-state index is -3.75. The molecule has 7 heteroatoms. The van der Waals surface area contributed by atoms with Gasteiger partial charge in [-0.1, -0.05) is 0 Å². The maximum atomic E-state index is 13.0. The second kappa shape index (κ2) is 5.56. The van der Waals surface area contributed by atoms with E-state index in [-0.39, 0.29) is 11.5 Å². The highest BCUT2D eigenvalue weighted by atomic mass is 32.2. The van der Waals surface area contributed by atoms with E-state index >= 15 is 0 Å². The molecule has 0 aliphatic carbocycles. The Hall–Kier alpha value is -1.99. The van der Waals surface area contributed by atoms with E-state index in [4.69, 9.17) is 9.88 Å². The highest BCUT2D eigenvalue weighted by Gasteiger charge is 2.07. The van der Waals surface area contributed by atoms with Crippen molar-refractivity contribution in [2.45, 2.75) is 11.5 Å². The molecule has 106 valence electrons. The molecule has 0 bridgehead atoms. The lowest BCUT2D eigenvalue weighted by molar-refractivity contribution is 0.304. The van der Waals surface area contributed by atoms with Crippen LogP contribution >= 0.6 is 0 Å². The Kier molecular flexibility index (Phi) is 4.01. The molecule has 0 radical (unpaired) electrons. The zero-order chi connectivity index (χ0) is 14.8. The fourth-order valence-corrected chi connectivity index (χ4v) is 2.10. The van der Waals surface area contributed by atoms with Crippen molar-refractivity contribution in [2.24, 2.45) is 5.14 Å². The average Bonchev–Trinajstić information content (AvgIpc) is 2.35. The molecule has 0 unspecified atom stereocenters. The number of hydrogen-bond acceptors (Lipinski definition) is 3. The molecule has 2 N–H and O–H groups in total. The smallest absolute Gasteiger partial charge is 0.238 e. The summed E-state index contributed by atoms with van der Waals surface area (Å²) in [5, 5.41) is 4.95. The van der Waals surface area contributed by atoms with E-state index in [9.17, 15) is 17.2 Å². The Morgan fingerprint density at radius 1 is 1.00 bits per heavy atom. The van der Waals surface area contributed by atoms with Crippen molar-refractivity contribution in [3.05, 3.63) is 59.7 Å². The van der Waals surface area contributed by atoms with Crippen LogP contribution in [0.15, 0.2) is 47.4 Å². The molecule has 0 atom stereocenters. The van der Waals surface area contributed by atoms with Crippen LogP contribution in [0.4, 0.5) is 8.78 Å². The summed E-state index contributed by atoms with van der Waals surface area (Å²) in [6.07, 6.45) is 0. The van der Waals surface area contributed by atoms with Crippen molar-refractivity contribution in [2.75, 3.05) is 0 Å². The number of ether oxygens (including phenoxy) is 1. The Balaban J connectivity index is 2.07. The summed E-state index contributed by atoms with van der Waals surface area (Å²) in [7, 11) is -3.75. The lowest BCUT2D eigenvalue weighted by Gasteiger charge is -2.07. The molecule has 0 heterocycles. The lowest BCUT2D eigenvalue weighted by atomic mass is 10.2. The molecule has 0 saturated heterocycles. The molecule has 0 aliphatic rings. The first kappa shape index (κ1) is 14.4. The standard InChI is InChI=1S/C13H11F2NO3S/c14-10-5-9(6-11(15)7-10)8-19-12-1-3-13(4-2-12)20(16,17)18/h1-7H,8H2,(H2,16,17,18). The van der Waals surface area contributed by atoms with Gasteiger partial charge in [0.15, 0.2) is 0 Å². The number of halogens is 2. The van der Waals surface area contributed by atoms with Crippen LogP contribution < -0.4 is 9.88 Å². The number of benzene rings is 2. The highest BCUT2D eigenvalue weighted by molar-refractivity contribution is 7.89. The summed E-state index contributed by atoms with van der Waals surface area (Å²) in [6.45, 7) is -0.0383. The maximum absolute atomic E-state index is 13.0. The third-order valence-electron chi connectivity index (χ3n) is 2.48. The first-order chi connectivity index (χ1) is 9.34. The van der Waals surface area contributed by atoms with Gasteiger partial charge in [-0.3, -0.25) is 0 Å². The van der Waals surface area contributed by atoms with Crippen molar-refractivity contribution in [1.82, 2.24) is 0 Å². The SMILES string of the molecule is NS(=O)(=O)c1ccc(OCc2cc(F)cc(F)c2)cc1. The van der Waals surface area contributed by atoms with Gasteiger partial charge in [-0.15, -0.1) is 0 Å². The maximum Gasteiger partial charge on any atom is 0.238 e. The zero-order valence-electron chi connectivity index (χ0n) is 10.2. The van der Waals surface area contributed by atoms with E-state index in [1.54, 1.807) is 0 Å². The van der Waals surface area contributed by atoms with Gasteiger partial charge in [0.1, 0.15) is 24.0 Å². The summed E-state index contributed by atoms with van der Waals surface area (Å²) >= 11 is 0. The van der Waals surface area contributed by atoms with Crippen molar-refractivity contribution >= 4 is 10.0 Å². The minimum absolute atomic E-state index is 0.0383. The van der Waals surface area contributed by atoms with Gasteiger partial charge in [0, 0.05) is 6.07 Å². The molecular formula is C13H11F2NO3S. The summed E-state index contributed by atoms with van der Waals surface area (Å²) < 4.78 is 53.3. The van der Waals surface area contributed by atoms with E-state index in [1.807, 2.05) is 0 Å². The van der Waals surface area contributed by atoms with Gasteiger partial charge in [-0.05, 0) is 42.0 Å². The summed E-state index contributed by atoms with van der Waals surface area (Å²) in [5.41, 5.74) is 0.332. The second-order valence-corrected chi connectivity index (χ2v) is 5.64. The number of nitrogens with two attached hydrogens (primary N) is 1. The quantitative estimate of drug-likeness (QED) is 0.941. The van der Waals surface area contributed by atoms with E-state index in [1.165, 1.54) is 24.3 Å². The summed E-state index contributed by atoms with van der Waals surface area (Å²) in [5.74, 6) is -1.01. The second-order valence-electron chi connectivity index (χ2n) is 4.08. The van der Waals surface area contributed by atoms with Crippen molar-refractivity contribution < 1.29 is 21.9 Å². The van der Waals surface area contributed by atoms with Crippen LogP contribution in [-0.2, 0) is 16.6 Å². The van der Waals surface area contributed by atoms with Crippen molar-refractivity contribution in [3.8, 4) is 5.75 Å². The van der Waals surface area contributed by atoms with Crippen LogP contribution in [0.25, 0.3) is 0 Å². The van der Waals surface area contributed by atoms with Gasteiger partial charge in [0.05, 0.1) is 4.90 Å². The first-order valence-electron chi connectivity index (χ1n) is 5.55. The van der Waals surface area contributed by atoms with Crippen LogP contribution in [0.2, 0.25) is 0 Å². The van der Waals surface area contributed by atoms with Crippen LogP contribution in [0.5, 0.6) is 5.75 Å². The normalized spacial score (nSPS) is 11.3. The number of rotatable bonds is 4. The van der Waals surface area contributed by atoms with E-state index in [0.717, 1.165) is 18.2 Å². The van der Waals surface area contributed by atoms with Crippen molar-refractivity contribution in [3.63, 3.8) is 0 Å². The summed E-state index contributed by atoms with van der Waals surface area (Å²) in [6, 6.07) is 8.48. The Labute approximate surface area is 114 Å². The van der Waals surface area contributed by atoms with Crippen LogP contribution in [0, 0.1) is 11.6 Å². The third-order valence-corrected chi connectivity index (χ3v) is 3.41. The summed E-state index contributed by atoms with van der Waals surface area (Å²) in [4.78, 5) is -0.0401. The molecule has 0 aromatic heterocycles. The zero-order valence-corrected chi connectivity index (χ0v) is 11.0. The molecular weight excluding hydrogens is 288 g/mol. The molecule has 2 rings (SSSR count). The van der Waals surface area contributed by atoms with Crippen LogP contribution in [0.1, 0.15) is 5.56 Å². The molecule has 0 aliphatic heterocycles. The first-order valence-corrected chi connectivity index (χ1v) is 7.10. The van der Waals surface area contributed by atoms with Gasteiger partial charge in [-0.2, -0.15) is 0 Å². The molecule has 4 nitrogen and oxygen atoms in total. The van der Waals surface area contributed by atoms with Crippen molar-refractivity contribution in [1.29, 1.82) is 0 Å². The van der Waals surface area contributed by atoms with Gasteiger partial charge >= 0.3 is 0 Å². The van der Waals surface area contributed by atoms with Gasteiger partial charge in [-0.25, -0.2) is 22.3 Å². The monoisotopic (exact) mass is 299 g/mol. The van der Waals surface area contributed by atoms with E-state index in [0.29, 0.717) is 11.3 Å². The van der Waals surface area contributed by atoms with Gasteiger partial charge in [0.25, 0.3) is 0 Å². The molecule has 0 fully saturated rings. The minimum Gasteiger partial charge on any atom is -0.489 e. The fourth-order valence-electron chi connectivity index (χ4n) is 1.59. The highest BCUT2D eigenvalue weighted by Crippen LogP contribution is 2.17. The average molecular weight is 299 g/mol.